The van der Waals surface area contributed by atoms with E-state index >= 15 is 0 Å². The lowest BCUT2D eigenvalue weighted by atomic mass is 9.57. The molecule has 0 spiro atoms. The molecule has 15 heteroatoms. The fourth-order valence-corrected chi connectivity index (χ4v) is 7.64. The minimum Gasteiger partial charge on any atom is -0.456 e. The normalized spacial score (nSPS) is 11.4. The Morgan fingerprint density at radius 2 is 0.667 bits per heavy atom. The van der Waals surface area contributed by atoms with E-state index in [0.29, 0.717) is 22.8 Å². The zero-order chi connectivity index (χ0) is 42.1. The van der Waals surface area contributed by atoms with Crippen molar-refractivity contribution in [3.05, 3.63) is 109 Å². The van der Waals surface area contributed by atoms with Gasteiger partial charge in [0, 0.05) is 21.9 Å². The minimum absolute atomic E-state index is 0.000433. The highest BCUT2D eigenvalue weighted by molar-refractivity contribution is 6.71. The molecule has 0 bridgehead atoms. The molecule has 0 unspecified atom stereocenters. The maximum atomic E-state index is 6.89. The first-order valence-corrected chi connectivity index (χ1v) is 18.6. The van der Waals surface area contributed by atoms with Gasteiger partial charge in [-0.25, -0.2) is 15.0 Å². The summed E-state index contributed by atoms with van der Waals surface area (Å²) in [4.78, 5) is 15.0. The standard InChI is InChI=1S/C45H18B11N3O/c46-30-26(25-31(47)38(54)40(56)39(55)32(25)48)36(52)42-28(33(30)49)27-34(50)37(53)35(51)29(41(27)60-42)45-58-43(22-16-14-21(15-17-22)19-8-3-1-4-9-19)57-44(59-45)24-13-7-12-23(18-24)20-10-5-2-6-11-20/h1-18H. The second-order valence-corrected chi connectivity index (χ2v) is 14.4. The second kappa shape index (κ2) is 15.3. The summed E-state index contributed by atoms with van der Waals surface area (Å²) in [6, 6.07) is 35.8. The van der Waals surface area contributed by atoms with Gasteiger partial charge >= 0.3 is 0 Å². The number of benzene rings is 7. The zero-order valence-electron chi connectivity index (χ0n) is 32.0. The quantitative estimate of drug-likeness (QED) is 0.196. The molecular weight excluding hydrogens is 717 g/mol. The van der Waals surface area contributed by atoms with Crippen LogP contribution in [0.15, 0.2) is 114 Å². The van der Waals surface area contributed by atoms with E-state index < -0.39 is 0 Å². The van der Waals surface area contributed by atoms with E-state index in [2.05, 4.69) is 0 Å². The predicted molar refractivity (Wildman–Crippen MR) is 259 cm³/mol. The molecule has 0 aliphatic heterocycles. The molecule has 0 aliphatic rings. The van der Waals surface area contributed by atoms with Gasteiger partial charge in [-0.05, 0) is 44.9 Å². The average Bonchev–Trinajstić information content (AvgIpc) is 3.69. The van der Waals surface area contributed by atoms with Gasteiger partial charge in [-0.15, -0.1) is 21.9 Å². The molecule has 252 valence electrons. The van der Waals surface area contributed by atoms with Gasteiger partial charge in [-0.3, -0.25) is 0 Å². The van der Waals surface area contributed by atoms with Crippen LogP contribution in [-0.4, -0.2) is 101 Å². The number of nitrogens with zero attached hydrogens (tertiary/aromatic N) is 3. The monoisotopic (exact) mass is 737 g/mol. The highest BCUT2D eigenvalue weighted by Crippen LogP contribution is 2.34. The molecule has 0 saturated carbocycles. The zero-order valence-corrected chi connectivity index (χ0v) is 32.0. The van der Waals surface area contributed by atoms with E-state index in [-0.39, 0.29) is 105 Å². The molecule has 0 fully saturated rings. The number of hydrogen-bond acceptors (Lipinski definition) is 4. The Bertz CT molecular complexity index is 3180. The first-order chi connectivity index (χ1) is 28.8. The lowest BCUT2D eigenvalue weighted by molar-refractivity contribution is 0.673. The largest absolute Gasteiger partial charge is 0.456 e. The van der Waals surface area contributed by atoms with Crippen LogP contribution in [-0.2, 0) is 0 Å². The van der Waals surface area contributed by atoms with Gasteiger partial charge in [-0.2, -0.15) is 0 Å². The van der Waals surface area contributed by atoms with E-state index in [4.69, 9.17) is 106 Å². The summed E-state index contributed by atoms with van der Waals surface area (Å²) in [5.41, 5.74) is 6.43. The third kappa shape index (κ3) is 6.36. The van der Waals surface area contributed by atoms with Crippen molar-refractivity contribution in [2.45, 2.75) is 0 Å². The molecule has 7 aromatic carbocycles. The Labute approximate surface area is 362 Å². The summed E-state index contributed by atoms with van der Waals surface area (Å²) < 4.78 is 6.63. The maximum absolute atomic E-state index is 6.89. The number of furan rings is 1. The van der Waals surface area contributed by atoms with Gasteiger partial charge in [0.15, 0.2) is 17.5 Å². The molecule has 2 heterocycles. The highest BCUT2D eigenvalue weighted by atomic mass is 16.3. The Morgan fingerprint density at radius 1 is 0.283 bits per heavy atom. The maximum Gasteiger partial charge on any atom is 0.167 e. The van der Waals surface area contributed by atoms with Crippen LogP contribution in [0.2, 0.25) is 0 Å². The molecule has 0 saturated heterocycles. The molecular formula is C45H18B11N3O. The van der Waals surface area contributed by atoms with E-state index in [9.17, 15) is 0 Å². The smallest absolute Gasteiger partial charge is 0.167 e. The van der Waals surface area contributed by atoms with Gasteiger partial charge in [-0.1, -0.05) is 136 Å². The van der Waals surface area contributed by atoms with Crippen LogP contribution in [0.4, 0.5) is 0 Å². The topological polar surface area (TPSA) is 51.8 Å². The van der Waals surface area contributed by atoms with Crippen molar-refractivity contribution in [2.24, 2.45) is 0 Å². The number of rotatable bonds is 6. The average molecular weight is 736 g/mol. The minimum atomic E-state index is -0.00342. The van der Waals surface area contributed by atoms with Crippen molar-refractivity contribution in [1.82, 2.24) is 15.0 Å². The lowest BCUT2D eigenvalue weighted by Gasteiger charge is -2.25. The molecule has 60 heavy (non-hydrogen) atoms. The van der Waals surface area contributed by atoms with Crippen LogP contribution in [0.5, 0.6) is 0 Å². The van der Waals surface area contributed by atoms with Crippen molar-refractivity contribution in [1.29, 1.82) is 0 Å². The summed E-state index contributed by atoms with van der Waals surface area (Å²) in [5.74, 6) is 0.848. The van der Waals surface area contributed by atoms with Crippen molar-refractivity contribution in [3.63, 3.8) is 0 Å². The molecule has 0 N–H and O–H groups in total. The van der Waals surface area contributed by atoms with Crippen LogP contribution in [0.25, 0.3) is 89.5 Å². The summed E-state index contributed by atoms with van der Waals surface area (Å²) in [6.45, 7) is 0. The summed E-state index contributed by atoms with van der Waals surface area (Å²) in [6.07, 6.45) is 0. The van der Waals surface area contributed by atoms with Gasteiger partial charge in [0.05, 0.1) is 5.56 Å². The molecule has 2 aromatic heterocycles. The number of hydrogen-bond donors (Lipinski definition) is 0. The fraction of sp³-hybridized carbons (Fsp3) is 0. The van der Waals surface area contributed by atoms with Crippen LogP contribution in [0, 0.1) is 0 Å². The third-order valence-corrected chi connectivity index (χ3v) is 10.9. The fourth-order valence-electron chi connectivity index (χ4n) is 7.64. The SMILES string of the molecule is [B]c1c([B])c([B])c(-c2c([B])c([B])c3c(oc4c(-c5nc(-c6ccc(-c7ccccc7)cc6)nc(-c6cccc(-c7ccccc7)c6)n5)c([B])c([B])c([B])c43)c2[B])c([B])c1[B]. The van der Waals surface area contributed by atoms with Crippen molar-refractivity contribution in [2.75, 3.05) is 0 Å². The molecule has 0 atom stereocenters. The van der Waals surface area contributed by atoms with Crippen molar-refractivity contribution in [3.8, 4) is 67.5 Å². The van der Waals surface area contributed by atoms with Crippen LogP contribution in [0.3, 0.4) is 0 Å². The Hall–Kier alpha value is -5.94. The Balaban J connectivity index is 1.32. The molecule has 4 nitrogen and oxygen atoms in total. The molecule has 0 amide bonds. The lowest BCUT2D eigenvalue weighted by Crippen LogP contribution is -2.56. The van der Waals surface area contributed by atoms with Gasteiger partial charge in [0.1, 0.15) is 97.5 Å². The highest BCUT2D eigenvalue weighted by Gasteiger charge is 2.27. The first-order valence-electron chi connectivity index (χ1n) is 18.6. The van der Waals surface area contributed by atoms with Crippen LogP contribution in [0.1, 0.15) is 0 Å². The van der Waals surface area contributed by atoms with E-state index in [0.717, 1.165) is 22.3 Å². The van der Waals surface area contributed by atoms with Gasteiger partial charge in [0.2, 0.25) is 0 Å². The van der Waals surface area contributed by atoms with Crippen molar-refractivity contribution < 1.29 is 4.42 Å². The first kappa shape index (κ1) is 39.5. The molecule has 22 radical (unpaired) electrons. The van der Waals surface area contributed by atoms with Gasteiger partial charge in [0.25, 0.3) is 0 Å². The molecule has 9 rings (SSSR count). The summed E-state index contributed by atoms with van der Waals surface area (Å²) in [5, 5.41) is 0.553. The summed E-state index contributed by atoms with van der Waals surface area (Å²) >= 11 is 0. The number of fused-ring (bicyclic) bond motifs is 3. The van der Waals surface area contributed by atoms with Gasteiger partial charge < -0.3 is 4.42 Å². The number of aromatic nitrogens is 3. The molecule has 0 aliphatic carbocycles. The van der Waals surface area contributed by atoms with Crippen LogP contribution < -0.4 is 60.1 Å². The molecule has 9 aromatic rings. The Kier molecular flexibility index (Phi) is 10.1. The second-order valence-electron chi connectivity index (χ2n) is 14.4. The summed E-state index contributed by atoms with van der Waals surface area (Å²) in [7, 11) is 72.2. The predicted octanol–water partition coefficient (Wildman–Crippen LogP) is -1.50. The third-order valence-electron chi connectivity index (χ3n) is 10.9. The van der Waals surface area contributed by atoms with Crippen molar-refractivity contribution >= 4 is 168 Å². The Morgan fingerprint density at radius 3 is 1.28 bits per heavy atom. The van der Waals surface area contributed by atoms with E-state index in [1.807, 2.05) is 109 Å². The van der Waals surface area contributed by atoms with Crippen LogP contribution >= 0.6 is 0 Å². The van der Waals surface area contributed by atoms with E-state index in [1.54, 1.807) is 0 Å². The van der Waals surface area contributed by atoms with E-state index in [1.165, 1.54) is 0 Å².